The molecule has 1 aromatic carbocycles. The molecule has 0 N–H and O–H groups in total. The normalized spacial score (nSPS) is 14.4. The van der Waals surface area contributed by atoms with Gasteiger partial charge in [-0.25, -0.2) is 0 Å². The number of benzene rings is 1. The molecule has 3 heterocycles. The largest absolute Gasteiger partial charge is 0.480 e. The highest BCUT2D eigenvalue weighted by molar-refractivity contribution is 5.58. The van der Waals surface area contributed by atoms with E-state index in [2.05, 4.69) is 20.3 Å². The van der Waals surface area contributed by atoms with E-state index in [9.17, 15) is 0 Å². The van der Waals surface area contributed by atoms with Crippen molar-refractivity contribution in [3.8, 4) is 17.1 Å². The molecule has 0 saturated heterocycles. The highest BCUT2D eigenvalue weighted by atomic mass is 16.5. The molecule has 0 unspecified atom stereocenters. The van der Waals surface area contributed by atoms with Gasteiger partial charge in [0, 0.05) is 37.2 Å². The van der Waals surface area contributed by atoms with Gasteiger partial charge in [-0.2, -0.15) is 5.10 Å². The third-order valence-corrected chi connectivity index (χ3v) is 4.21. The van der Waals surface area contributed by atoms with E-state index < -0.39 is 0 Å². The summed E-state index contributed by atoms with van der Waals surface area (Å²) in [5.74, 6) is 1.42. The molecular formula is C18H18N4O2. The van der Waals surface area contributed by atoms with Gasteiger partial charge in [0.2, 0.25) is 5.88 Å². The summed E-state index contributed by atoms with van der Waals surface area (Å²) in [6.45, 7) is 2.46. The van der Waals surface area contributed by atoms with Crippen molar-refractivity contribution in [3.63, 3.8) is 0 Å². The molecule has 1 aliphatic heterocycles. The lowest BCUT2D eigenvalue weighted by Crippen LogP contribution is -2.30. The van der Waals surface area contributed by atoms with Crippen LogP contribution in [0.4, 0.5) is 0 Å². The molecule has 6 heteroatoms. The molecule has 0 saturated carbocycles. The van der Waals surface area contributed by atoms with Gasteiger partial charge in [0.15, 0.2) is 5.76 Å². The number of rotatable bonds is 4. The molecule has 122 valence electrons. The van der Waals surface area contributed by atoms with E-state index in [0.717, 1.165) is 54.3 Å². The van der Waals surface area contributed by atoms with Crippen LogP contribution in [0.2, 0.25) is 0 Å². The fraction of sp³-hybridized carbons (Fsp3) is 0.278. The second-order valence-corrected chi connectivity index (χ2v) is 5.86. The first kappa shape index (κ1) is 14.8. The second-order valence-electron chi connectivity index (χ2n) is 5.86. The van der Waals surface area contributed by atoms with E-state index >= 15 is 0 Å². The van der Waals surface area contributed by atoms with Crippen molar-refractivity contribution in [1.82, 2.24) is 20.3 Å². The first-order valence-electron chi connectivity index (χ1n) is 7.94. The lowest BCUT2D eigenvalue weighted by atomic mass is 10.1. The second kappa shape index (κ2) is 6.41. The van der Waals surface area contributed by atoms with Gasteiger partial charge >= 0.3 is 0 Å². The summed E-state index contributed by atoms with van der Waals surface area (Å²) in [4.78, 5) is 2.32. The summed E-state index contributed by atoms with van der Waals surface area (Å²) in [7, 11) is 1.61. The number of hydrogen-bond donors (Lipinski definition) is 0. The Labute approximate surface area is 140 Å². The summed E-state index contributed by atoms with van der Waals surface area (Å²) in [5, 5.41) is 12.5. The Hall–Kier alpha value is -2.73. The fourth-order valence-corrected chi connectivity index (χ4v) is 2.95. The van der Waals surface area contributed by atoms with Gasteiger partial charge in [-0.1, -0.05) is 35.5 Å². The fourth-order valence-electron chi connectivity index (χ4n) is 2.95. The topological polar surface area (TPSA) is 64.3 Å². The van der Waals surface area contributed by atoms with Crippen molar-refractivity contribution in [2.45, 2.75) is 19.5 Å². The summed E-state index contributed by atoms with van der Waals surface area (Å²) in [6.07, 6.45) is 0.881. The Morgan fingerprint density at radius 2 is 2.04 bits per heavy atom. The first-order chi connectivity index (χ1) is 11.8. The number of fused-ring (bicyclic) bond motifs is 1. The minimum absolute atomic E-state index is 0.557. The van der Waals surface area contributed by atoms with E-state index in [-0.39, 0.29) is 0 Å². The van der Waals surface area contributed by atoms with Gasteiger partial charge < -0.3 is 9.26 Å². The molecule has 6 nitrogen and oxygen atoms in total. The van der Waals surface area contributed by atoms with Crippen molar-refractivity contribution in [2.75, 3.05) is 13.7 Å². The minimum Gasteiger partial charge on any atom is -0.480 e. The third kappa shape index (κ3) is 3.00. The van der Waals surface area contributed by atoms with Crippen LogP contribution in [-0.4, -0.2) is 33.9 Å². The molecule has 4 rings (SSSR count). The van der Waals surface area contributed by atoms with Crippen molar-refractivity contribution in [1.29, 1.82) is 0 Å². The molecule has 2 aromatic heterocycles. The van der Waals surface area contributed by atoms with Crippen LogP contribution >= 0.6 is 0 Å². The Balaban J connectivity index is 1.47. The standard InChI is InChI=1S/C18H18N4O2/c1-23-18-9-14-11-22(8-7-16(14)19-20-18)12-15-10-17(21-24-15)13-5-3-2-4-6-13/h2-6,9-10H,7-8,11-12H2,1H3. The van der Waals surface area contributed by atoms with E-state index in [0.29, 0.717) is 5.88 Å². The molecule has 0 spiro atoms. The van der Waals surface area contributed by atoms with Gasteiger partial charge in [-0.05, 0) is 5.56 Å². The lowest BCUT2D eigenvalue weighted by Gasteiger charge is -2.26. The van der Waals surface area contributed by atoms with E-state index in [1.165, 1.54) is 0 Å². The maximum Gasteiger partial charge on any atom is 0.233 e. The predicted molar refractivity (Wildman–Crippen MR) is 88.3 cm³/mol. The Bertz CT molecular complexity index is 832. The van der Waals surface area contributed by atoms with Gasteiger partial charge in [-0.15, -0.1) is 5.10 Å². The van der Waals surface area contributed by atoms with Gasteiger partial charge in [0.25, 0.3) is 0 Å². The smallest absolute Gasteiger partial charge is 0.233 e. The summed E-state index contributed by atoms with van der Waals surface area (Å²) < 4.78 is 10.7. The summed E-state index contributed by atoms with van der Waals surface area (Å²) in [5.41, 5.74) is 4.15. The summed E-state index contributed by atoms with van der Waals surface area (Å²) in [6, 6.07) is 14.0. The zero-order chi connectivity index (χ0) is 16.4. The Kier molecular flexibility index (Phi) is 3.96. The zero-order valence-electron chi connectivity index (χ0n) is 13.5. The SMILES string of the molecule is COc1cc2c(nn1)CCN(Cc1cc(-c3ccccc3)no1)C2. The molecule has 3 aromatic rings. The average Bonchev–Trinajstić information content (AvgIpc) is 3.10. The highest BCUT2D eigenvalue weighted by Crippen LogP contribution is 2.23. The maximum absolute atomic E-state index is 5.51. The average molecular weight is 322 g/mol. The van der Waals surface area contributed by atoms with Crippen LogP contribution in [0, 0.1) is 0 Å². The number of methoxy groups -OCH3 is 1. The highest BCUT2D eigenvalue weighted by Gasteiger charge is 2.20. The van der Waals surface area contributed by atoms with Crippen LogP contribution in [-0.2, 0) is 19.5 Å². The van der Waals surface area contributed by atoms with Crippen molar-refractivity contribution < 1.29 is 9.26 Å². The number of hydrogen-bond acceptors (Lipinski definition) is 6. The first-order valence-corrected chi connectivity index (χ1v) is 7.94. The third-order valence-electron chi connectivity index (χ3n) is 4.21. The van der Waals surface area contributed by atoms with Crippen LogP contribution < -0.4 is 4.74 Å². The Morgan fingerprint density at radius 1 is 1.17 bits per heavy atom. The molecule has 0 fully saturated rings. The van der Waals surface area contributed by atoms with Crippen molar-refractivity contribution in [3.05, 3.63) is 59.5 Å². The van der Waals surface area contributed by atoms with E-state index in [4.69, 9.17) is 9.26 Å². The molecule has 24 heavy (non-hydrogen) atoms. The molecule has 0 amide bonds. The van der Waals surface area contributed by atoms with Crippen LogP contribution in [0.25, 0.3) is 11.3 Å². The van der Waals surface area contributed by atoms with Gasteiger partial charge in [0.1, 0.15) is 5.69 Å². The van der Waals surface area contributed by atoms with Crippen LogP contribution in [0.15, 0.2) is 47.0 Å². The van der Waals surface area contributed by atoms with Crippen LogP contribution in [0.3, 0.4) is 0 Å². The number of ether oxygens (including phenoxy) is 1. The number of aromatic nitrogens is 3. The van der Waals surface area contributed by atoms with E-state index in [1.807, 2.05) is 42.5 Å². The summed E-state index contributed by atoms with van der Waals surface area (Å²) >= 11 is 0. The van der Waals surface area contributed by atoms with E-state index in [1.54, 1.807) is 7.11 Å². The molecule has 0 aliphatic carbocycles. The molecule has 0 bridgehead atoms. The Morgan fingerprint density at radius 3 is 2.88 bits per heavy atom. The van der Waals surface area contributed by atoms with Crippen molar-refractivity contribution >= 4 is 0 Å². The molecule has 0 radical (unpaired) electrons. The predicted octanol–water partition coefficient (Wildman–Crippen LogP) is 2.70. The van der Waals surface area contributed by atoms with Gasteiger partial charge in [-0.3, -0.25) is 4.90 Å². The molecule has 0 atom stereocenters. The monoisotopic (exact) mass is 322 g/mol. The van der Waals surface area contributed by atoms with Gasteiger partial charge in [0.05, 0.1) is 19.3 Å². The minimum atomic E-state index is 0.557. The lowest BCUT2D eigenvalue weighted by molar-refractivity contribution is 0.212. The quantitative estimate of drug-likeness (QED) is 0.736. The molecular weight excluding hydrogens is 304 g/mol. The van der Waals surface area contributed by atoms with Crippen LogP contribution in [0.5, 0.6) is 5.88 Å². The number of nitrogens with zero attached hydrogens (tertiary/aromatic N) is 4. The zero-order valence-corrected chi connectivity index (χ0v) is 13.5. The van der Waals surface area contributed by atoms with Crippen LogP contribution in [0.1, 0.15) is 17.0 Å². The van der Waals surface area contributed by atoms with Crippen molar-refractivity contribution in [2.24, 2.45) is 0 Å². The maximum atomic E-state index is 5.51. The molecule has 1 aliphatic rings.